The highest BCUT2D eigenvalue weighted by Crippen LogP contribution is 2.35. The third-order valence-corrected chi connectivity index (χ3v) is 6.07. The number of amides is 1. The molecule has 142 valence electrons. The summed E-state index contributed by atoms with van der Waals surface area (Å²) in [4.78, 5) is 22.7. The topological polar surface area (TPSA) is 96.0 Å². The van der Waals surface area contributed by atoms with Gasteiger partial charge < -0.3 is 5.32 Å². The van der Waals surface area contributed by atoms with E-state index in [0.29, 0.717) is 25.9 Å². The van der Waals surface area contributed by atoms with Crippen LogP contribution in [-0.2, 0) is 17.6 Å². The van der Waals surface area contributed by atoms with Crippen molar-refractivity contribution in [3.63, 3.8) is 0 Å². The van der Waals surface area contributed by atoms with Crippen LogP contribution in [0, 0.1) is 31.2 Å². The van der Waals surface area contributed by atoms with Gasteiger partial charge in [-0.25, -0.2) is 0 Å². The van der Waals surface area contributed by atoms with Crippen LogP contribution in [0.5, 0.6) is 0 Å². The van der Waals surface area contributed by atoms with Crippen molar-refractivity contribution in [2.24, 2.45) is 5.92 Å². The third-order valence-electron chi connectivity index (χ3n) is 4.63. The van der Waals surface area contributed by atoms with E-state index in [1.54, 1.807) is 12.1 Å². The molecule has 0 spiro atoms. The number of nitro groups is 1. The SMILES string of the molecule is CC1CCc2c(C#N)c(NC(=O)/C=C/c3cccc([N+](=O)[O-])c3)sc(=S)c2C1. The Morgan fingerprint density at radius 3 is 2.96 bits per heavy atom. The normalized spacial score (nSPS) is 15.6. The third kappa shape index (κ3) is 4.32. The average molecular weight is 412 g/mol. The molecule has 1 heterocycles. The van der Waals surface area contributed by atoms with E-state index in [1.165, 1.54) is 35.6 Å². The van der Waals surface area contributed by atoms with Crippen molar-refractivity contribution < 1.29 is 9.72 Å². The monoisotopic (exact) mass is 411 g/mol. The van der Waals surface area contributed by atoms with Crippen molar-refractivity contribution in [3.05, 3.63) is 66.5 Å². The lowest BCUT2D eigenvalue weighted by atomic mass is 9.85. The van der Waals surface area contributed by atoms with E-state index in [0.717, 1.165) is 30.4 Å². The predicted molar refractivity (Wildman–Crippen MR) is 112 cm³/mol. The number of benzene rings is 1. The second-order valence-corrected chi connectivity index (χ2v) is 8.37. The Hall–Kier alpha value is -2.89. The molecule has 6 nitrogen and oxygen atoms in total. The first kappa shape index (κ1) is 19.9. The number of nitriles is 1. The summed E-state index contributed by atoms with van der Waals surface area (Å²) in [5.74, 6) is 0.115. The maximum atomic E-state index is 12.3. The summed E-state index contributed by atoms with van der Waals surface area (Å²) in [6.07, 6.45) is 5.42. The molecule has 0 aliphatic heterocycles. The van der Waals surface area contributed by atoms with Gasteiger partial charge in [0.15, 0.2) is 0 Å². The lowest BCUT2D eigenvalue weighted by Crippen LogP contribution is -2.15. The van der Waals surface area contributed by atoms with E-state index >= 15 is 0 Å². The van der Waals surface area contributed by atoms with Crippen LogP contribution < -0.4 is 5.32 Å². The van der Waals surface area contributed by atoms with E-state index in [9.17, 15) is 20.2 Å². The Morgan fingerprint density at radius 1 is 1.46 bits per heavy atom. The molecule has 0 saturated heterocycles. The molecule has 0 fully saturated rings. The van der Waals surface area contributed by atoms with Crippen LogP contribution in [0.4, 0.5) is 10.7 Å². The number of carbonyl (C=O) groups excluding carboxylic acids is 1. The molecular formula is C20H17N3O3S2. The molecular weight excluding hydrogens is 394 g/mol. The zero-order valence-electron chi connectivity index (χ0n) is 15.1. The van der Waals surface area contributed by atoms with Gasteiger partial charge in [-0.2, -0.15) is 5.26 Å². The molecule has 1 N–H and O–H groups in total. The quantitative estimate of drug-likeness (QED) is 0.329. The number of hydrogen-bond acceptors (Lipinski definition) is 6. The Morgan fingerprint density at radius 2 is 2.25 bits per heavy atom. The lowest BCUT2D eigenvalue weighted by molar-refractivity contribution is -0.384. The molecule has 1 unspecified atom stereocenters. The molecule has 1 aromatic carbocycles. The Labute approximate surface area is 171 Å². The molecule has 3 rings (SSSR count). The van der Waals surface area contributed by atoms with Crippen molar-refractivity contribution in [1.82, 2.24) is 0 Å². The van der Waals surface area contributed by atoms with Crippen molar-refractivity contribution >= 4 is 46.2 Å². The van der Waals surface area contributed by atoms with Gasteiger partial charge in [-0.15, -0.1) is 11.3 Å². The molecule has 28 heavy (non-hydrogen) atoms. The van der Waals surface area contributed by atoms with Crippen LogP contribution in [0.2, 0.25) is 0 Å². The van der Waals surface area contributed by atoms with E-state index in [1.807, 2.05) is 0 Å². The molecule has 1 aliphatic carbocycles. The number of fused-ring (bicyclic) bond motifs is 1. The van der Waals surface area contributed by atoms with Gasteiger partial charge in [0.2, 0.25) is 5.91 Å². The maximum Gasteiger partial charge on any atom is 0.270 e. The highest BCUT2D eigenvalue weighted by molar-refractivity contribution is 7.73. The molecule has 0 radical (unpaired) electrons. The van der Waals surface area contributed by atoms with Crippen LogP contribution in [0.15, 0.2) is 30.3 Å². The van der Waals surface area contributed by atoms with Gasteiger partial charge in [0.25, 0.3) is 5.69 Å². The van der Waals surface area contributed by atoms with E-state index in [-0.39, 0.29) is 5.69 Å². The molecule has 0 saturated carbocycles. The molecule has 1 aromatic heterocycles. The standard InChI is InChI=1S/C20H17N3O3S2/c1-12-5-7-15-16(9-12)20(27)28-19(17(15)11-21)22-18(24)8-6-13-3-2-4-14(10-13)23(25)26/h2-4,6,8,10,12H,5,7,9H2,1H3,(H,22,24)/b8-6+. The smallest absolute Gasteiger partial charge is 0.270 e. The number of nitro benzene ring substituents is 1. The summed E-state index contributed by atoms with van der Waals surface area (Å²) in [7, 11) is 0. The van der Waals surface area contributed by atoms with Gasteiger partial charge in [0.05, 0.1) is 14.3 Å². The number of rotatable bonds is 4. The van der Waals surface area contributed by atoms with Crippen molar-refractivity contribution in [1.29, 1.82) is 5.26 Å². The Kier molecular flexibility index (Phi) is 5.97. The maximum absolute atomic E-state index is 12.3. The fraction of sp³-hybridized carbons (Fsp3) is 0.250. The minimum Gasteiger partial charge on any atom is -0.313 e. The fourth-order valence-corrected chi connectivity index (χ4v) is 4.61. The summed E-state index contributed by atoms with van der Waals surface area (Å²) in [5, 5.41) is 23.7. The van der Waals surface area contributed by atoms with E-state index in [2.05, 4.69) is 18.3 Å². The summed E-state index contributed by atoms with van der Waals surface area (Å²) in [6.45, 7) is 2.17. The Balaban J connectivity index is 1.84. The number of anilines is 1. The average Bonchev–Trinajstić information content (AvgIpc) is 2.67. The number of carbonyl (C=O) groups is 1. The van der Waals surface area contributed by atoms with Crippen molar-refractivity contribution in [2.45, 2.75) is 26.2 Å². The highest BCUT2D eigenvalue weighted by atomic mass is 32.1. The minimum atomic E-state index is -0.489. The second kappa shape index (κ2) is 8.42. The molecule has 2 aromatic rings. The van der Waals surface area contributed by atoms with Crippen LogP contribution >= 0.6 is 23.6 Å². The van der Waals surface area contributed by atoms with Gasteiger partial charge in [-0.1, -0.05) is 31.3 Å². The first-order chi connectivity index (χ1) is 13.4. The predicted octanol–water partition coefficient (Wildman–Crippen LogP) is 5.03. The molecule has 1 atom stereocenters. The van der Waals surface area contributed by atoms with Gasteiger partial charge in [-0.3, -0.25) is 14.9 Å². The number of non-ortho nitro benzene ring substituents is 1. The summed E-state index contributed by atoms with van der Waals surface area (Å²) < 4.78 is 0.707. The number of nitrogens with one attached hydrogen (secondary N) is 1. The van der Waals surface area contributed by atoms with E-state index in [4.69, 9.17) is 12.2 Å². The zero-order valence-corrected chi connectivity index (χ0v) is 16.7. The molecule has 1 aliphatic rings. The molecule has 8 heteroatoms. The second-order valence-electron chi connectivity index (χ2n) is 6.69. The van der Waals surface area contributed by atoms with Crippen molar-refractivity contribution in [3.8, 4) is 6.07 Å². The first-order valence-electron chi connectivity index (χ1n) is 8.71. The molecule has 1 amide bonds. The van der Waals surface area contributed by atoms with Gasteiger partial charge >= 0.3 is 0 Å². The Bertz CT molecular complexity index is 1080. The zero-order chi connectivity index (χ0) is 20.3. The highest BCUT2D eigenvalue weighted by Gasteiger charge is 2.23. The largest absolute Gasteiger partial charge is 0.313 e. The number of nitrogens with zero attached hydrogens (tertiary/aromatic N) is 2. The first-order valence-corrected chi connectivity index (χ1v) is 9.94. The fourth-order valence-electron chi connectivity index (χ4n) is 3.21. The van der Waals surface area contributed by atoms with E-state index < -0.39 is 10.8 Å². The number of hydrogen-bond donors (Lipinski definition) is 1. The van der Waals surface area contributed by atoms with Crippen LogP contribution in [0.3, 0.4) is 0 Å². The summed E-state index contributed by atoms with van der Waals surface area (Å²) in [5.41, 5.74) is 2.98. The van der Waals surface area contributed by atoms with Crippen molar-refractivity contribution in [2.75, 3.05) is 5.32 Å². The van der Waals surface area contributed by atoms with Crippen LogP contribution in [0.25, 0.3) is 6.08 Å². The van der Waals surface area contributed by atoms with Gasteiger partial charge in [0, 0.05) is 18.2 Å². The van der Waals surface area contributed by atoms with Gasteiger partial charge in [-0.05, 0) is 47.9 Å². The lowest BCUT2D eigenvalue weighted by Gasteiger charge is -2.23. The molecule has 0 bridgehead atoms. The minimum absolute atomic E-state index is 0.0452. The van der Waals surface area contributed by atoms with Gasteiger partial charge in [0.1, 0.15) is 11.1 Å². The summed E-state index contributed by atoms with van der Waals surface area (Å²) in [6, 6.07) is 8.21. The van der Waals surface area contributed by atoms with Crippen LogP contribution in [0.1, 0.15) is 35.6 Å². The summed E-state index contributed by atoms with van der Waals surface area (Å²) >= 11 is 6.73. The van der Waals surface area contributed by atoms with Crippen LogP contribution in [-0.4, -0.2) is 10.8 Å².